The normalized spacial score (nSPS) is 9.62. The van der Waals surface area contributed by atoms with E-state index in [0.717, 1.165) is 0 Å². The molecule has 13 heavy (non-hydrogen) atoms. The second-order valence-electron chi connectivity index (χ2n) is 2.24. The lowest BCUT2D eigenvalue weighted by Gasteiger charge is -2.02. The standard InChI is InChI=1S/C7H9N3O2S/c1-13-5-9-7-6(10(11)12)3-2-4-8-7/h2-4H,5H2,1H3,(H,8,9). The van der Waals surface area contributed by atoms with Gasteiger partial charge in [-0.05, 0) is 12.3 Å². The summed E-state index contributed by atoms with van der Waals surface area (Å²) in [5, 5.41) is 13.4. The van der Waals surface area contributed by atoms with E-state index in [0.29, 0.717) is 11.7 Å². The van der Waals surface area contributed by atoms with E-state index in [9.17, 15) is 10.1 Å². The van der Waals surface area contributed by atoms with E-state index >= 15 is 0 Å². The molecule has 0 atom stereocenters. The smallest absolute Gasteiger partial charge is 0.311 e. The molecule has 1 aromatic rings. The van der Waals surface area contributed by atoms with Crippen LogP contribution < -0.4 is 5.32 Å². The van der Waals surface area contributed by atoms with Crippen LogP contribution in [0.5, 0.6) is 0 Å². The molecule has 5 nitrogen and oxygen atoms in total. The van der Waals surface area contributed by atoms with E-state index in [1.54, 1.807) is 17.8 Å². The van der Waals surface area contributed by atoms with E-state index < -0.39 is 4.92 Å². The highest BCUT2D eigenvalue weighted by molar-refractivity contribution is 7.98. The van der Waals surface area contributed by atoms with Gasteiger partial charge in [-0.25, -0.2) is 4.98 Å². The number of anilines is 1. The monoisotopic (exact) mass is 199 g/mol. The van der Waals surface area contributed by atoms with Crippen LogP contribution in [0, 0.1) is 10.1 Å². The van der Waals surface area contributed by atoms with Gasteiger partial charge in [-0.3, -0.25) is 10.1 Å². The van der Waals surface area contributed by atoms with Gasteiger partial charge >= 0.3 is 5.69 Å². The number of hydrogen-bond donors (Lipinski definition) is 1. The maximum absolute atomic E-state index is 10.5. The van der Waals surface area contributed by atoms with Crippen molar-refractivity contribution in [2.24, 2.45) is 0 Å². The lowest BCUT2D eigenvalue weighted by Crippen LogP contribution is -2.02. The maximum atomic E-state index is 10.5. The Morgan fingerprint density at radius 2 is 2.54 bits per heavy atom. The van der Waals surface area contributed by atoms with Crippen LogP contribution in [0.4, 0.5) is 11.5 Å². The first kappa shape index (κ1) is 9.79. The zero-order valence-corrected chi connectivity index (χ0v) is 7.87. The molecular weight excluding hydrogens is 190 g/mol. The minimum Gasteiger partial charge on any atom is -0.355 e. The first-order chi connectivity index (χ1) is 6.25. The van der Waals surface area contributed by atoms with Crippen molar-refractivity contribution in [3.8, 4) is 0 Å². The van der Waals surface area contributed by atoms with Gasteiger partial charge in [0.1, 0.15) is 0 Å². The van der Waals surface area contributed by atoms with Gasteiger partial charge in [-0.2, -0.15) is 0 Å². The lowest BCUT2D eigenvalue weighted by atomic mass is 10.4. The van der Waals surface area contributed by atoms with Crippen molar-refractivity contribution >= 4 is 23.3 Å². The Labute approximate surface area is 79.7 Å². The Bertz CT molecular complexity index is 306. The zero-order valence-electron chi connectivity index (χ0n) is 7.06. The van der Waals surface area contributed by atoms with Gasteiger partial charge in [0.05, 0.1) is 10.8 Å². The zero-order chi connectivity index (χ0) is 9.68. The van der Waals surface area contributed by atoms with Crippen LogP contribution in [-0.4, -0.2) is 22.0 Å². The Morgan fingerprint density at radius 1 is 1.77 bits per heavy atom. The summed E-state index contributed by atoms with van der Waals surface area (Å²) in [6.07, 6.45) is 3.43. The summed E-state index contributed by atoms with van der Waals surface area (Å²) >= 11 is 1.54. The van der Waals surface area contributed by atoms with Gasteiger partial charge in [-0.1, -0.05) is 0 Å². The highest BCUT2D eigenvalue weighted by Gasteiger charge is 2.12. The summed E-state index contributed by atoms with van der Waals surface area (Å²) in [7, 11) is 0. The van der Waals surface area contributed by atoms with Crippen molar-refractivity contribution in [2.45, 2.75) is 0 Å². The fraction of sp³-hybridized carbons (Fsp3) is 0.286. The first-order valence-electron chi connectivity index (χ1n) is 3.58. The van der Waals surface area contributed by atoms with Crippen LogP contribution in [0.25, 0.3) is 0 Å². The molecule has 0 saturated carbocycles. The SMILES string of the molecule is CSCNc1ncccc1[N+](=O)[O-]. The Balaban J connectivity index is 2.84. The molecule has 0 spiro atoms. The van der Waals surface area contributed by atoms with Crippen molar-refractivity contribution < 1.29 is 4.92 Å². The molecule has 1 aromatic heterocycles. The quantitative estimate of drug-likeness (QED) is 0.454. The molecule has 0 aliphatic heterocycles. The molecule has 1 rings (SSSR count). The fourth-order valence-electron chi connectivity index (χ4n) is 0.821. The molecule has 0 bridgehead atoms. The molecule has 0 aromatic carbocycles. The third kappa shape index (κ3) is 2.59. The summed E-state index contributed by atoms with van der Waals surface area (Å²) in [4.78, 5) is 13.9. The van der Waals surface area contributed by atoms with Crippen molar-refractivity contribution in [1.82, 2.24) is 4.98 Å². The molecule has 0 fully saturated rings. The van der Waals surface area contributed by atoms with E-state index in [1.165, 1.54) is 12.3 Å². The molecule has 0 unspecified atom stereocenters. The number of rotatable bonds is 4. The molecular formula is C7H9N3O2S. The number of hydrogen-bond acceptors (Lipinski definition) is 5. The van der Waals surface area contributed by atoms with Gasteiger partial charge in [0.2, 0.25) is 5.82 Å². The largest absolute Gasteiger partial charge is 0.355 e. The van der Waals surface area contributed by atoms with Crippen LogP contribution in [0.3, 0.4) is 0 Å². The molecule has 6 heteroatoms. The van der Waals surface area contributed by atoms with Crippen molar-refractivity contribution in [3.05, 3.63) is 28.4 Å². The van der Waals surface area contributed by atoms with Crippen molar-refractivity contribution in [3.63, 3.8) is 0 Å². The van der Waals surface area contributed by atoms with Crippen LogP contribution in [0.15, 0.2) is 18.3 Å². The molecule has 0 radical (unpaired) electrons. The Hall–Kier alpha value is -1.30. The minimum atomic E-state index is -0.449. The number of aromatic nitrogens is 1. The number of thioether (sulfide) groups is 1. The second kappa shape index (κ2) is 4.66. The molecule has 0 saturated heterocycles. The molecule has 1 N–H and O–H groups in total. The van der Waals surface area contributed by atoms with Gasteiger partial charge in [0, 0.05) is 12.3 Å². The van der Waals surface area contributed by atoms with Gasteiger partial charge in [0.15, 0.2) is 0 Å². The van der Waals surface area contributed by atoms with Crippen LogP contribution >= 0.6 is 11.8 Å². The predicted molar refractivity (Wildman–Crippen MR) is 52.9 cm³/mol. The molecule has 0 aliphatic rings. The number of nitrogens with zero attached hydrogens (tertiary/aromatic N) is 2. The third-order valence-corrected chi connectivity index (χ3v) is 1.80. The van der Waals surface area contributed by atoms with E-state index in [4.69, 9.17) is 0 Å². The number of nitro groups is 1. The Morgan fingerprint density at radius 3 is 3.15 bits per heavy atom. The summed E-state index contributed by atoms with van der Waals surface area (Å²) in [5.74, 6) is 0.930. The average Bonchev–Trinajstić information content (AvgIpc) is 2.15. The van der Waals surface area contributed by atoms with Crippen molar-refractivity contribution in [1.29, 1.82) is 0 Å². The van der Waals surface area contributed by atoms with E-state index in [2.05, 4.69) is 10.3 Å². The topological polar surface area (TPSA) is 68.1 Å². The summed E-state index contributed by atoms with van der Waals surface area (Å²) in [5.41, 5.74) is 0.0107. The van der Waals surface area contributed by atoms with Crippen molar-refractivity contribution in [2.75, 3.05) is 17.4 Å². The fourth-order valence-corrected chi connectivity index (χ4v) is 1.10. The molecule has 0 aliphatic carbocycles. The molecule has 0 amide bonds. The summed E-state index contributed by atoms with van der Waals surface area (Å²) in [6, 6.07) is 2.97. The van der Waals surface area contributed by atoms with E-state index in [-0.39, 0.29) is 5.69 Å². The highest BCUT2D eigenvalue weighted by atomic mass is 32.2. The maximum Gasteiger partial charge on any atom is 0.311 e. The molecule has 1 heterocycles. The molecule has 70 valence electrons. The van der Waals surface area contributed by atoms with Gasteiger partial charge in [-0.15, -0.1) is 11.8 Å². The third-order valence-electron chi connectivity index (χ3n) is 1.37. The summed E-state index contributed by atoms with van der Waals surface area (Å²) < 4.78 is 0. The second-order valence-corrected chi connectivity index (χ2v) is 3.10. The highest BCUT2D eigenvalue weighted by Crippen LogP contribution is 2.20. The summed E-state index contributed by atoms with van der Waals surface area (Å²) in [6.45, 7) is 0. The minimum absolute atomic E-state index is 0.0107. The van der Waals surface area contributed by atoms with Gasteiger partial charge in [0.25, 0.3) is 0 Å². The Kier molecular flexibility index (Phi) is 3.51. The average molecular weight is 199 g/mol. The lowest BCUT2D eigenvalue weighted by molar-refractivity contribution is -0.384. The van der Waals surface area contributed by atoms with Crippen LogP contribution in [0.1, 0.15) is 0 Å². The number of pyridine rings is 1. The van der Waals surface area contributed by atoms with E-state index in [1.807, 2.05) is 6.26 Å². The first-order valence-corrected chi connectivity index (χ1v) is 4.97. The van der Waals surface area contributed by atoms with Crippen LogP contribution in [0.2, 0.25) is 0 Å². The predicted octanol–water partition coefficient (Wildman–Crippen LogP) is 1.72. The number of nitrogens with one attached hydrogen (secondary N) is 1. The van der Waals surface area contributed by atoms with Crippen LogP contribution in [-0.2, 0) is 0 Å². The van der Waals surface area contributed by atoms with Gasteiger partial charge < -0.3 is 5.32 Å².